The number of methoxy groups -OCH3 is 1. The zero-order valence-electron chi connectivity index (χ0n) is 34.4. The van der Waals surface area contributed by atoms with E-state index in [0.29, 0.717) is 42.1 Å². The summed E-state index contributed by atoms with van der Waals surface area (Å²) in [4.78, 5) is 49.0. The van der Waals surface area contributed by atoms with Crippen LogP contribution in [-0.2, 0) is 50.7 Å². The molecule has 4 aliphatic heterocycles. The molecule has 5 atom stereocenters. The first-order valence-corrected chi connectivity index (χ1v) is 24.3. The predicted octanol–water partition coefficient (Wildman–Crippen LogP) is 8.06. The van der Waals surface area contributed by atoms with Crippen molar-refractivity contribution in [3.8, 4) is 5.75 Å². The lowest BCUT2D eigenvalue weighted by Crippen LogP contribution is -2.52. The van der Waals surface area contributed by atoms with Gasteiger partial charge in [0, 0.05) is 35.2 Å². The molecule has 0 saturated carbocycles. The number of para-hydroxylation sites is 1. The Bertz CT molecular complexity index is 2490. The maximum absolute atomic E-state index is 15.5. The van der Waals surface area contributed by atoms with Gasteiger partial charge in [0.15, 0.2) is 5.60 Å². The fraction of sp³-hybridized carbons (Fsp3) is 0.327. The number of carbonyl (C=O) groups excluding carboxylic acids is 3. The van der Waals surface area contributed by atoms with Gasteiger partial charge in [0.25, 0.3) is 5.91 Å². The van der Waals surface area contributed by atoms with Crippen molar-refractivity contribution < 1.29 is 29.0 Å². The predicted molar refractivity (Wildman–Crippen MR) is 237 cm³/mol. The number of halogens is 1. The molecule has 1 fully saturated rings. The molecule has 0 aliphatic carbocycles. The van der Waals surface area contributed by atoms with Gasteiger partial charge in [-0.1, -0.05) is 104 Å². The molecule has 4 heterocycles. The third-order valence-corrected chi connectivity index (χ3v) is 18.3. The Kier molecular flexibility index (Phi) is 10.5. The first-order chi connectivity index (χ1) is 28.9. The van der Waals surface area contributed by atoms with Crippen molar-refractivity contribution in [2.45, 2.75) is 82.1 Å². The van der Waals surface area contributed by atoms with Crippen LogP contribution in [0, 0.1) is 5.92 Å². The molecule has 0 radical (unpaired) electrons. The minimum atomic E-state index is -2.57. The van der Waals surface area contributed by atoms with E-state index in [1.54, 1.807) is 27.9 Å². The van der Waals surface area contributed by atoms with Gasteiger partial charge in [-0.2, -0.15) is 0 Å². The Labute approximate surface area is 357 Å². The Hall–Kier alpha value is -5.26. The molecule has 5 aromatic carbocycles. The number of fused-ring (bicyclic) bond motifs is 4. The van der Waals surface area contributed by atoms with Crippen LogP contribution in [0.2, 0.25) is 23.7 Å². The van der Waals surface area contributed by atoms with Gasteiger partial charge in [-0.05, 0) is 89.2 Å². The second-order valence-corrected chi connectivity index (χ2v) is 22.4. The number of rotatable bonds is 9. The summed E-state index contributed by atoms with van der Waals surface area (Å²) < 4.78 is 12.8. The molecular formula is C49H50ClN3O6Si. The number of aliphatic hydroxyl groups is 1. The van der Waals surface area contributed by atoms with Gasteiger partial charge < -0.3 is 24.4 Å². The molecule has 5 aromatic rings. The third kappa shape index (κ3) is 6.65. The Morgan fingerprint density at radius 1 is 0.883 bits per heavy atom. The van der Waals surface area contributed by atoms with Gasteiger partial charge in [-0.3, -0.25) is 19.3 Å². The summed E-state index contributed by atoms with van der Waals surface area (Å²) >= 11 is 6.79. The average Bonchev–Trinajstić information content (AvgIpc) is 3.68. The molecule has 4 aliphatic rings. The van der Waals surface area contributed by atoms with E-state index < -0.39 is 19.8 Å². The van der Waals surface area contributed by atoms with Gasteiger partial charge in [0.05, 0.1) is 58.3 Å². The summed E-state index contributed by atoms with van der Waals surface area (Å²) in [6, 6.07) is 37.3. The van der Waals surface area contributed by atoms with Crippen LogP contribution in [-0.4, -0.2) is 61.7 Å². The summed E-state index contributed by atoms with van der Waals surface area (Å²) in [6.07, 6.45) is 1.13. The fourth-order valence-corrected chi connectivity index (χ4v) is 14.8. The van der Waals surface area contributed by atoms with Crippen molar-refractivity contribution in [1.29, 1.82) is 0 Å². The highest BCUT2D eigenvalue weighted by atomic mass is 35.5. The van der Waals surface area contributed by atoms with E-state index in [4.69, 9.17) is 21.1 Å². The van der Waals surface area contributed by atoms with Crippen molar-refractivity contribution >= 4 is 59.6 Å². The minimum absolute atomic E-state index is 0.0320. The maximum Gasteiger partial charge on any atom is 0.264 e. The molecule has 3 amide bonds. The Morgan fingerprint density at radius 2 is 1.62 bits per heavy atom. The zero-order valence-corrected chi connectivity index (χ0v) is 36.2. The van der Waals surface area contributed by atoms with Gasteiger partial charge in [-0.15, -0.1) is 0 Å². The highest BCUT2D eigenvalue weighted by molar-refractivity contribution is 6.91. The number of aliphatic hydroxyl groups excluding tert-OH is 1. The van der Waals surface area contributed by atoms with Gasteiger partial charge >= 0.3 is 0 Å². The van der Waals surface area contributed by atoms with Crippen LogP contribution in [0.25, 0.3) is 0 Å². The molecule has 1 saturated heterocycles. The van der Waals surface area contributed by atoms with Crippen molar-refractivity contribution in [3.63, 3.8) is 0 Å². The lowest BCUT2D eigenvalue weighted by molar-refractivity contribution is -0.151. The van der Waals surface area contributed by atoms with Crippen LogP contribution in [0.15, 0.2) is 115 Å². The number of aryl methyl sites for hydroxylation is 1. The molecule has 308 valence electrons. The summed E-state index contributed by atoms with van der Waals surface area (Å²) in [7, 11) is -0.916. The number of benzene rings is 5. The standard InChI is InChI=1S/C49H50ClN3O6Si/c1-31-47(60(3,4)40-20-18-39(58-2)19-21-40)44(27-46(56)51-29-35-13-6-5-12-34(35)25-38(51)30-54)59-49(31)41-26-36(50)17-22-43(41)52(48(49)57)28-32-10-9-14-37(24-32)53-42-15-8-7-11-33(42)16-23-45(53)55/h5-15,17-22,24,26,31,38,44,47,54H,16,23,25,27-30H2,1-4H3/t31-,38-,44+,47-,49+/m0/s1. The normalized spacial score (nSPS) is 23.5. The van der Waals surface area contributed by atoms with E-state index in [9.17, 15) is 14.7 Å². The number of hydrogen-bond donors (Lipinski definition) is 1. The van der Waals surface area contributed by atoms with E-state index >= 15 is 4.79 Å². The SMILES string of the molecule is COc1ccc([Si](C)(C)[C@@H]2[C@@H](CC(=O)N3Cc4ccccc4C[C@H]3CO)O[C@]3(C(=O)N(Cc4cccc(N5C(=O)CCc6ccccc65)c4)c4ccc(Cl)cc43)[C@H]2C)cc1. The molecule has 11 heteroatoms. The maximum atomic E-state index is 15.5. The van der Waals surface area contributed by atoms with E-state index in [0.717, 1.165) is 44.6 Å². The number of nitrogens with zero attached hydrogens (tertiary/aromatic N) is 3. The third-order valence-electron chi connectivity index (χ3n) is 13.7. The lowest BCUT2D eigenvalue weighted by Gasteiger charge is -2.39. The molecular weight excluding hydrogens is 790 g/mol. The fourth-order valence-electron chi connectivity index (χ4n) is 10.7. The second kappa shape index (κ2) is 15.6. The lowest BCUT2D eigenvalue weighted by atomic mass is 9.82. The first kappa shape index (κ1) is 40.2. The molecule has 0 aromatic heterocycles. The van der Waals surface area contributed by atoms with E-state index in [1.807, 2.05) is 84.9 Å². The van der Waals surface area contributed by atoms with Crippen LogP contribution in [0.4, 0.5) is 17.1 Å². The number of carbonyl (C=O) groups is 3. The topological polar surface area (TPSA) is 99.6 Å². The average molecular weight is 840 g/mol. The largest absolute Gasteiger partial charge is 0.497 e. The van der Waals surface area contributed by atoms with E-state index in [1.165, 1.54) is 0 Å². The highest BCUT2D eigenvalue weighted by Crippen LogP contribution is 2.60. The first-order valence-electron chi connectivity index (χ1n) is 20.9. The smallest absolute Gasteiger partial charge is 0.264 e. The molecule has 60 heavy (non-hydrogen) atoms. The minimum Gasteiger partial charge on any atom is -0.497 e. The van der Waals surface area contributed by atoms with Crippen LogP contribution in [0.1, 0.15) is 47.6 Å². The Morgan fingerprint density at radius 3 is 2.37 bits per heavy atom. The van der Waals surface area contributed by atoms with E-state index in [-0.39, 0.29) is 54.8 Å². The Balaban J connectivity index is 1.09. The van der Waals surface area contributed by atoms with Crippen molar-refractivity contribution in [3.05, 3.63) is 148 Å². The number of amides is 3. The molecule has 0 bridgehead atoms. The quantitative estimate of drug-likeness (QED) is 0.151. The van der Waals surface area contributed by atoms with Crippen LogP contribution in [0.5, 0.6) is 5.75 Å². The van der Waals surface area contributed by atoms with Crippen molar-refractivity contribution in [1.82, 2.24) is 4.90 Å². The molecule has 1 spiro atoms. The van der Waals surface area contributed by atoms with Gasteiger partial charge in [-0.25, -0.2) is 0 Å². The van der Waals surface area contributed by atoms with Crippen molar-refractivity contribution in [2.24, 2.45) is 5.92 Å². The highest BCUT2D eigenvalue weighted by Gasteiger charge is 2.66. The van der Waals surface area contributed by atoms with E-state index in [2.05, 4.69) is 44.3 Å². The molecule has 9 rings (SSSR count). The number of ether oxygens (including phenoxy) is 2. The molecule has 9 nitrogen and oxygen atoms in total. The van der Waals surface area contributed by atoms with Gasteiger partial charge in [0.1, 0.15) is 5.75 Å². The van der Waals surface area contributed by atoms with Crippen LogP contribution in [0.3, 0.4) is 0 Å². The van der Waals surface area contributed by atoms with Crippen molar-refractivity contribution in [2.75, 3.05) is 23.5 Å². The van der Waals surface area contributed by atoms with Crippen LogP contribution >= 0.6 is 11.6 Å². The van der Waals surface area contributed by atoms with Gasteiger partial charge in [0.2, 0.25) is 11.8 Å². The zero-order chi connectivity index (χ0) is 41.9. The summed E-state index contributed by atoms with van der Waals surface area (Å²) in [5.74, 6) is 0.132. The monoisotopic (exact) mass is 839 g/mol. The number of anilines is 3. The number of hydrogen-bond acceptors (Lipinski definition) is 6. The second-order valence-electron chi connectivity index (χ2n) is 17.3. The summed E-state index contributed by atoms with van der Waals surface area (Å²) in [5.41, 5.74) is 5.63. The summed E-state index contributed by atoms with van der Waals surface area (Å²) in [5, 5.41) is 12.2. The molecule has 0 unspecified atom stereocenters. The van der Waals surface area contributed by atoms with Crippen LogP contribution < -0.4 is 19.7 Å². The summed E-state index contributed by atoms with van der Waals surface area (Å²) in [6.45, 7) is 7.18. The molecule has 1 N–H and O–H groups in total.